The molecule has 0 saturated heterocycles. The Kier molecular flexibility index (Phi) is 3.50. The molecule has 0 unspecified atom stereocenters. The molecule has 22 heavy (non-hydrogen) atoms. The molecule has 0 atom stereocenters. The summed E-state index contributed by atoms with van der Waals surface area (Å²) in [6.45, 7) is 1.38. The minimum absolute atomic E-state index is 0.116. The van der Waals surface area contributed by atoms with Crippen molar-refractivity contribution in [2.45, 2.75) is 13.0 Å². The Labute approximate surface area is 127 Å². The number of anilines is 1. The third kappa shape index (κ3) is 2.50. The summed E-state index contributed by atoms with van der Waals surface area (Å²) in [5.41, 5.74) is 8.58. The summed E-state index contributed by atoms with van der Waals surface area (Å²) < 4.78 is 0. The van der Waals surface area contributed by atoms with Gasteiger partial charge in [-0.2, -0.15) is 0 Å². The first-order valence-electron chi connectivity index (χ1n) is 7.01. The van der Waals surface area contributed by atoms with Crippen molar-refractivity contribution in [3.63, 3.8) is 0 Å². The number of nitrogens with one attached hydrogen (secondary N) is 1. The van der Waals surface area contributed by atoms with E-state index in [0.29, 0.717) is 12.1 Å². The van der Waals surface area contributed by atoms with E-state index in [9.17, 15) is 10.1 Å². The molecule has 2 aromatic rings. The van der Waals surface area contributed by atoms with E-state index in [4.69, 9.17) is 11.1 Å². The van der Waals surface area contributed by atoms with Gasteiger partial charge in [0.15, 0.2) is 0 Å². The summed E-state index contributed by atoms with van der Waals surface area (Å²) in [6, 6.07) is 12.7. The molecule has 0 fully saturated rings. The van der Waals surface area contributed by atoms with Gasteiger partial charge < -0.3 is 10.6 Å². The molecular formula is C16H16N4O2. The fourth-order valence-electron chi connectivity index (χ4n) is 2.72. The van der Waals surface area contributed by atoms with Crippen molar-refractivity contribution >= 4 is 17.2 Å². The van der Waals surface area contributed by atoms with Crippen LogP contribution in [0.3, 0.4) is 0 Å². The van der Waals surface area contributed by atoms with Crippen molar-refractivity contribution in [3.8, 4) is 0 Å². The molecule has 0 bridgehead atoms. The standard InChI is InChI=1S/C16H16N4O2/c17-14-6-5-12(9-15(14)20(21)22)16(18)19-8-7-11-3-1-2-4-13(11)10-19/h1-6,9,18H,7-8,10,17H2. The van der Waals surface area contributed by atoms with Crippen molar-refractivity contribution in [2.75, 3.05) is 12.3 Å². The fraction of sp³-hybridized carbons (Fsp3) is 0.188. The molecule has 0 aliphatic carbocycles. The van der Waals surface area contributed by atoms with Crippen LogP contribution in [0.25, 0.3) is 0 Å². The van der Waals surface area contributed by atoms with Crippen molar-refractivity contribution in [2.24, 2.45) is 0 Å². The first-order chi connectivity index (χ1) is 10.6. The maximum Gasteiger partial charge on any atom is 0.292 e. The second-order valence-electron chi connectivity index (χ2n) is 5.32. The number of hydrogen-bond acceptors (Lipinski definition) is 4. The summed E-state index contributed by atoms with van der Waals surface area (Å²) in [4.78, 5) is 12.4. The van der Waals surface area contributed by atoms with Crippen LogP contribution in [0, 0.1) is 15.5 Å². The Morgan fingerprint density at radius 2 is 1.95 bits per heavy atom. The number of nitrogens with two attached hydrogens (primary N) is 1. The average Bonchev–Trinajstić information content (AvgIpc) is 2.54. The van der Waals surface area contributed by atoms with Gasteiger partial charge in [-0.1, -0.05) is 24.3 Å². The lowest BCUT2D eigenvalue weighted by atomic mass is 9.99. The number of nitro groups is 1. The molecule has 1 aliphatic rings. The zero-order chi connectivity index (χ0) is 15.7. The van der Waals surface area contributed by atoms with Gasteiger partial charge in [0.2, 0.25) is 0 Å². The molecule has 6 heteroatoms. The molecule has 1 aliphatic heterocycles. The maximum atomic E-state index is 11.0. The molecule has 0 amide bonds. The Balaban J connectivity index is 1.86. The van der Waals surface area contributed by atoms with E-state index in [0.717, 1.165) is 13.0 Å². The zero-order valence-electron chi connectivity index (χ0n) is 12.0. The molecule has 6 nitrogen and oxygen atoms in total. The van der Waals surface area contributed by atoms with Crippen LogP contribution in [0.5, 0.6) is 0 Å². The molecular weight excluding hydrogens is 280 g/mol. The molecule has 0 radical (unpaired) electrons. The second kappa shape index (κ2) is 5.48. The highest BCUT2D eigenvalue weighted by Crippen LogP contribution is 2.25. The lowest BCUT2D eigenvalue weighted by Crippen LogP contribution is -2.36. The van der Waals surface area contributed by atoms with Gasteiger partial charge in [-0.15, -0.1) is 0 Å². The van der Waals surface area contributed by atoms with E-state index in [-0.39, 0.29) is 17.2 Å². The summed E-state index contributed by atoms with van der Waals surface area (Å²) in [7, 11) is 0. The van der Waals surface area contributed by atoms with Crippen molar-refractivity contribution < 1.29 is 4.92 Å². The number of benzene rings is 2. The van der Waals surface area contributed by atoms with Crippen molar-refractivity contribution in [1.29, 1.82) is 5.41 Å². The summed E-state index contributed by atoms with van der Waals surface area (Å²) >= 11 is 0. The molecule has 2 aromatic carbocycles. The number of nitrogen functional groups attached to an aromatic ring is 1. The van der Waals surface area contributed by atoms with Crippen LogP contribution < -0.4 is 5.73 Å². The van der Waals surface area contributed by atoms with Crippen LogP contribution in [0.1, 0.15) is 16.7 Å². The Bertz CT molecular complexity index is 758. The number of nitro benzene ring substituents is 1. The molecule has 1 heterocycles. The largest absolute Gasteiger partial charge is 0.393 e. The normalized spacial score (nSPS) is 13.5. The van der Waals surface area contributed by atoms with E-state index < -0.39 is 4.92 Å². The van der Waals surface area contributed by atoms with Gasteiger partial charge >= 0.3 is 0 Å². The number of rotatable bonds is 2. The van der Waals surface area contributed by atoms with Crippen LogP contribution in [-0.4, -0.2) is 22.2 Å². The highest BCUT2D eigenvalue weighted by atomic mass is 16.6. The lowest BCUT2D eigenvalue weighted by molar-refractivity contribution is -0.383. The van der Waals surface area contributed by atoms with E-state index in [1.807, 2.05) is 17.0 Å². The van der Waals surface area contributed by atoms with Crippen LogP contribution in [0.15, 0.2) is 42.5 Å². The summed E-state index contributed by atoms with van der Waals surface area (Å²) in [6.07, 6.45) is 0.871. The predicted molar refractivity (Wildman–Crippen MR) is 84.9 cm³/mol. The Morgan fingerprint density at radius 3 is 2.68 bits per heavy atom. The molecule has 0 spiro atoms. The second-order valence-corrected chi connectivity index (χ2v) is 5.32. The minimum atomic E-state index is -0.516. The van der Waals surface area contributed by atoms with E-state index in [1.54, 1.807) is 6.07 Å². The van der Waals surface area contributed by atoms with Crippen molar-refractivity contribution in [3.05, 3.63) is 69.3 Å². The van der Waals surface area contributed by atoms with Gasteiger partial charge in [-0.05, 0) is 29.7 Å². The van der Waals surface area contributed by atoms with Gasteiger partial charge in [-0.25, -0.2) is 0 Å². The fourth-order valence-corrected chi connectivity index (χ4v) is 2.72. The molecule has 3 N–H and O–H groups in total. The van der Waals surface area contributed by atoms with Gasteiger partial charge in [-0.3, -0.25) is 15.5 Å². The smallest absolute Gasteiger partial charge is 0.292 e. The van der Waals surface area contributed by atoms with E-state index in [1.165, 1.54) is 23.3 Å². The van der Waals surface area contributed by atoms with E-state index >= 15 is 0 Å². The van der Waals surface area contributed by atoms with Crippen LogP contribution >= 0.6 is 0 Å². The highest BCUT2D eigenvalue weighted by molar-refractivity contribution is 5.97. The minimum Gasteiger partial charge on any atom is -0.393 e. The Morgan fingerprint density at radius 1 is 1.23 bits per heavy atom. The summed E-state index contributed by atoms with van der Waals surface area (Å²) in [5.74, 6) is 0.289. The quantitative estimate of drug-likeness (QED) is 0.293. The zero-order valence-corrected chi connectivity index (χ0v) is 12.0. The predicted octanol–water partition coefficient (Wildman–Crippen LogP) is 2.56. The van der Waals surface area contributed by atoms with Crippen LogP contribution in [-0.2, 0) is 13.0 Å². The number of nitrogens with zero attached hydrogens (tertiary/aromatic N) is 2. The molecule has 0 aromatic heterocycles. The molecule has 0 saturated carbocycles. The third-order valence-electron chi connectivity index (χ3n) is 3.95. The monoisotopic (exact) mass is 296 g/mol. The summed E-state index contributed by atoms with van der Waals surface area (Å²) in [5, 5.41) is 19.3. The maximum absolute atomic E-state index is 11.0. The molecule has 112 valence electrons. The molecule has 3 rings (SSSR count). The van der Waals surface area contributed by atoms with Crippen molar-refractivity contribution in [1.82, 2.24) is 4.90 Å². The van der Waals surface area contributed by atoms with Gasteiger partial charge in [0.1, 0.15) is 11.5 Å². The number of amidine groups is 1. The topological polar surface area (TPSA) is 96.2 Å². The average molecular weight is 296 g/mol. The van der Waals surface area contributed by atoms with Gasteiger partial charge in [0.05, 0.1) is 4.92 Å². The Hall–Kier alpha value is -2.89. The lowest BCUT2D eigenvalue weighted by Gasteiger charge is -2.30. The van der Waals surface area contributed by atoms with Crippen LogP contribution in [0.4, 0.5) is 11.4 Å². The van der Waals surface area contributed by atoms with E-state index in [2.05, 4.69) is 12.1 Å². The number of hydrogen-bond donors (Lipinski definition) is 2. The highest BCUT2D eigenvalue weighted by Gasteiger charge is 2.21. The van der Waals surface area contributed by atoms with Gasteiger partial charge in [0, 0.05) is 24.7 Å². The number of fused-ring (bicyclic) bond motifs is 1. The van der Waals surface area contributed by atoms with Gasteiger partial charge in [0.25, 0.3) is 5.69 Å². The SMILES string of the molecule is N=C(c1ccc(N)c([N+](=O)[O-])c1)N1CCc2ccccc2C1. The first-order valence-corrected chi connectivity index (χ1v) is 7.01. The third-order valence-corrected chi connectivity index (χ3v) is 3.95. The van der Waals surface area contributed by atoms with Crippen LogP contribution in [0.2, 0.25) is 0 Å². The first kappa shape index (κ1) is 14.1.